The number of benzene rings is 1. The molecule has 0 bridgehead atoms. The molecule has 1 aromatic carbocycles. The summed E-state index contributed by atoms with van der Waals surface area (Å²) < 4.78 is 6.75. The second-order valence-corrected chi connectivity index (χ2v) is 2.89. The number of hydrogen-bond donors (Lipinski definition) is 0. The Hall–Kier alpha value is -2.02. The highest BCUT2D eigenvalue weighted by Gasteiger charge is 2.02. The average molecular weight is 187 g/mol. The minimum absolute atomic E-state index is 0.274. The third kappa shape index (κ3) is 1.29. The quantitative estimate of drug-likeness (QED) is 0.717. The normalized spacial score (nSPS) is 10.0. The van der Waals surface area contributed by atoms with E-state index < -0.39 is 0 Å². The average Bonchev–Trinajstić information content (AvgIpc) is 2.61. The first-order chi connectivity index (χ1) is 6.85. The van der Waals surface area contributed by atoms with Crippen LogP contribution in [-0.2, 0) is 6.54 Å². The van der Waals surface area contributed by atoms with Gasteiger partial charge in [0.1, 0.15) is 12.3 Å². The molecule has 2 rings (SSSR count). The van der Waals surface area contributed by atoms with Crippen LogP contribution in [0, 0.1) is 11.3 Å². The number of ether oxygens (including phenoxy) is 1. The highest BCUT2D eigenvalue weighted by Crippen LogP contribution is 2.19. The van der Waals surface area contributed by atoms with Crippen LogP contribution in [0.1, 0.15) is 0 Å². The predicted molar refractivity (Wildman–Crippen MR) is 51.9 cm³/mol. The minimum atomic E-state index is 0.274. The Morgan fingerprint density at radius 2 is 2.43 bits per heavy atom. The van der Waals surface area contributed by atoms with Gasteiger partial charge in [0.2, 0.25) is 0 Å². The monoisotopic (exact) mass is 187 g/mol. The number of nitriles is 1. The first-order valence-electron chi connectivity index (χ1n) is 4.21. The SMILES string of the molecule is COc1ccc2c(cnn2CC#N)c1. The molecule has 4 heteroatoms. The molecule has 70 valence electrons. The van der Waals surface area contributed by atoms with Crippen LogP contribution in [0.2, 0.25) is 0 Å². The maximum Gasteiger partial charge on any atom is 0.128 e. The van der Waals surface area contributed by atoms with Crippen LogP contribution < -0.4 is 4.74 Å². The summed E-state index contributed by atoms with van der Waals surface area (Å²) >= 11 is 0. The van der Waals surface area contributed by atoms with E-state index in [1.807, 2.05) is 18.2 Å². The van der Waals surface area contributed by atoms with Gasteiger partial charge in [-0.05, 0) is 18.2 Å². The summed E-state index contributed by atoms with van der Waals surface area (Å²) in [7, 11) is 1.63. The van der Waals surface area contributed by atoms with Crippen molar-refractivity contribution in [3.63, 3.8) is 0 Å². The molecule has 0 radical (unpaired) electrons. The van der Waals surface area contributed by atoms with Crippen LogP contribution in [0.5, 0.6) is 5.75 Å². The molecule has 0 fully saturated rings. The third-order valence-corrected chi connectivity index (χ3v) is 2.07. The van der Waals surface area contributed by atoms with Crippen molar-refractivity contribution in [2.24, 2.45) is 0 Å². The molecule has 0 aliphatic heterocycles. The summed E-state index contributed by atoms with van der Waals surface area (Å²) in [6.07, 6.45) is 1.73. The molecule has 0 spiro atoms. The van der Waals surface area contributed by atoms with E-state index >= 15 is 0 Å². The zero-order valence-electron chi connectivity index (χ0n) is 7.77. The lowest BCUT2D eigenvalue weighted by Crippen LogP contribution is -1.96. The Morgan fingerprint density at radius 3 is 3.14 bits per heavy atom. The summed E-state index contributed by atoms with van der Waals surface area (Å²) in [6, 6.07) is 7.72. The second-order valence-electron chi connectivity index (χ2n) is 2.89. The first-order valence-corrected chi connectivity index (χ1v) is 4.21. The van der Waals surface area contributed by atoms with Gasteiger partial charge < -0.3 is 4.74 Å². The Morgan fingerprint density at radius 1 is 1.57 bits per heavy atom. The Labute approximate surface area is 81.3 Å². The molecule has 4 nitrogen and oxygen atoms in total. The van der Waals surface area contributed by atoms with Gasteiger partial charge in [0.05, 0.1) is 24.9 Å². The molecule has 1 aromatic heterocycles. The van der Waals surface area contributed by atoms with Gasteiger partial charge in [-0.15, -0.1) is 0 Å². The fourth-order valence-corrected chi connectivity index (χ4v) is 1.39. The van der Waals surface area contributed by atoms with Gasteiger partial charge in [-0.1, -0.05) is 0 Å². The molecule has 0 saturated heterocycles. The molecule has 0 unspecified atom stereocenters. The lowest BCUT2D eigenvalue weighted by atomic mass is 10.2. The van der Waals surface area contributed by atoms with E-state index in [-0.39, 0.29) is 6.54 Å². The molecule has 2 aromatic rings. The lowest BCUT2D eigenvalue weighted by molar-refractivity contribution is 0.415. The summed E-state index contributed by atoms with van der Waals surface area (Å²) in [5.41, 5.74) is 0.951. The Bertz CT molecular complexity index is 496. The molecule has 0 aliphatic carbocycles. The molecular weight excluding hydrogens is 178 g/mol. The van der Waals surface area contributed by atoms with Crippen molar-refractivity contribution in [2.45, 2.75) is 6.54 Å². The van der Waals surface area contributed by atoms with Crippen molar-refractivity contribution in [1.82, 2.24) is 9.78 Å². The topological polar surface area (TPSA) is 50.8 Å². The number of fused-ring (bicyclic) bond motifs is 1. The fourth-order valence-electron chi connectivity index (χ4n) is 1.39. The standard InChI is InChI=1S/C10H9N3O/c1-14-9-2-3-10-8(6-9)7-12-13(10)5-4-11/h2-3,6-7H,5H2,1H3. The van der Waals surface area contributed by atoms with E-state index in [2.05, 4.69) is 11.2 Å². The van der Waals surface area contributed by atoms with Gasteiger partial charge in [0.25, 0.3) is 0 Å². The van der Waals surface area contributed by atoms with E-state index in [9.17, 15) is 0 Å². The smallest absolute Gasteiger partial charge is 0.128 e. The highest BCUT2D eigenvalue weighted by atomic mass is 16.5. The molecule has 0 atom stereocenters. The molecule has 1 heterocycles. The Kier molecular flexibility index (Phi) is 2.07. The second kappa shape index (κ2) is 3.38. The van der Waals surface area contributed by atoms with Crippen molar-refractivity contribution >= 4 is 10.9 Å². The number of hydrogen-bond acceptors (Lipinski definition) is 3. The number of methoxy groups -OCH3 is 1. The zero-order chi connectivity index (χ0) is 9.97. The van der Waals surface area contributed by atoms with E-state index in [4.69, 9.17) is 10.00 Å². The molecule has 0 amide bonds. The molecule has 14 heavy (non-hydrogen) atoms. The zero-order valence-corrected chi connectivity index (χ0v) is 7.77. The fraction of sp³-hybridized carbons (Fsp3) is 0.200. The van der Waals surface area contributed by atoms with Crippen molar-refractivity contribution in [3.05, 3.63) is 24.4 Å². The van der Waals surface area contributed by atoms with Gasteiger partial charge in [-0.25, -0.2) is 0 Å². The third-order valence-electron chi connectivity index (χ3n) is 2.07. The van der Waals surface area contributed by atoms with Crippen LogP contribution in [0.15, 0.2) is 24.4 Å². The van der Waals surface area contributed by atoms with E-state index in [1.165, 1.54) is 0 Å². The first kappa shape index (κ1) is 8.57. The summed E-state index contributed by atoms with van der Waals surface area (Å²) in [6.45, 7) is 0.274. The van der Waals surface area contributed by atoms with Gasteiger partial charge in [0.15, 0.2) is 0 Å². The van der Waals surface area contributed by atoms with Crippen LogP contribution in [0.4, 0.5) is 0 Å². The summed E-state index contributed by atoms with van der Waals surface area (Å²) in [5, 5.41) is 13.6. The molecule has 0 aliphatic rings. The summed E-state index contributed by atoms with van der Waals surface area (Å²) in [5.74, 6) is 0.800. The maximum absolute atomic E-state index is 8.56. The van der Waals surface area contributed by atoms with E-state index in [0.29, 0.717) is 0 Å². The number of rotatable bonds is 2. The van der Waals surface area contributed by atoms with Crippen LogP contribution in [0.3, 0.4) is 0 Å². The van der Waals surface area contributed by atoms with Crippen LogP contribution in [-0.4, -0.2) is 16.9 Å². The van der Waals surface area contributed by atoms with E-state index in [0.717, 1.165) is 16.7 Å². The van der Waals surface area contributed by atoms with E-state index in [1.54, 1.807) is 18.0 Å². The maximum atomic E-state index is 8.56. The Balaban J connectivity index is 2.55. The molecular formula is C10H9N3O. The van der Waals surface area contributed by atoms with Crippen LogP contribution >= 0.6 is 0 Å². The molecule has 0 saturated carbocycles. The number of nitrogens with zero attached hydrogens (tertiary/aromatic N) is 3. The summed E-state index contributed by atoms with van der Waals surface area (Å²) in [4.78, 5) is 0. The predicted octanol–water partition coefficient (Wildman–Crippen LogP) is 1.57. The largest absolute Gasteiger partial charge is 0.497 e. The van der Waals surface area contributed by atoms with Gasteiger partial charge in [0, 0.05) is 5.39 Å². The van der Waals surface area contributed by atoms with Crippen molar-refractivity contribution < 1.29 is 4.74 Å². The van der Waals surface area contributed by atoms with Gasteiger partial charge in [-0.3, -0.25) is 4.68 Å². The van der Waals surface area contributed by atoms with Gasteiger partial charge in [-0.2, -0.15) is 10.4 Å². The van der Waals surface area contributed by atoms with Crippen LogP contribution in [0.25, 0.3) is 10.9 Å². The highest BCUT2D eigenvalue weighted by molar-refractivity contribution is 5.80. The number of aromatic nitrogens is 2. The van der Waals surface area contributed by atoms with Gasteiger partial charge >= 0.3 is 0 Å². The minimum Gasteiger partial charge on any atom is -0.497 e. The lowest BCUT2D eigenvalue weighted by Gasteiger charge is -1.99. The van der Waals surface area contributed by atoms with Crippen molar-refractivity contribution in [3.8, 4) is 11.8 Å². The van der Waals surface area contributed by atoms with Crippen molar-refractivity contribution in [2.75, 3.05) is 7.11 Å². The van der Waals surface area contributed by atoms with Crippen molar-refractivity contribution in [1.29, 1.82) is 5.26 Å². The molecule has 0 N–H and O–H groups in total.